The fraction of sp³-hybridized carbons (Fsp3) is 0.154. The lowest BCUT2D eigenvalue weighted by Crippen LogP contribution is -1.92. The Morgan fingerprint density at radius 2 is 1.94 bits per heavy atom. The van der Waals surface area contributed by atoms with Crippen molar-refractivity contribution in [1.82, 2.24) is 0 Å². The van der Waals surface area contributed by atoms with E-state index in [1.54, 1.807) is 6.07 Å². The van der Waals surface area contributed by atoms with Crippen molar-refractivity contribution in [2.75, 3.05) is 5.32 Å². The quantitative estimate of drug-likeness (QED) is 0.847. The maximum atomic E-state index is 10.6. The normalized spacial score (nSPS) is 10.2. The van der Waals surface area contributed by atoms with Crippen LogP contribution in [0.5, 0.6) is 0 Å². The largest absolute Gasteiger partial charge is 0.475 e. The van der Waals surface area contributed by atoms with Gasteiger partial charge < -0.3 is 14.8 Å². The number of benzene rings is 1. The van der Waals surface area contributed by atoms with Gasteiger partial charge >= 0.3 is 5.97 Å². The Hall–Kier alpha value is -2.23. The van der Waals surface area contributed by atoms with Gasteiger partial charge in [-0.15, -0.1) is 0 Å². The second kappa shape index (κ2) is 4.74. The van der Waals surface area contributed by atoms with Crippen molar-refractivity contribution in [1.29, 1.82) is 0 Å². The van der Waals surface area contributed by atoms with E-state index >= 15 is 0 Å². The van der Waals surface area contributed by atoms with Gasteiger partial charge in [0, 0.05) is 11.8 Å². The first-order valence-corrected chi connectivity index (χ1v) is 5.38. The summed E-state index contributed by atoms with van der Waals surface area (Å²) in [5.74, 6) is -0.719. The van der Waals surface area contributed by atoms with E-state index in [2.05, 4.69) is 12.2 Å². The van der Waals surface area contributed by atoms with Crippen LogP contribution in [0.3, 0.4) is 0 Å². The smallest absolute Gasteiger partial charge is 0.371 e. The maximum Gasteiger partial charge on any atom is 0.371 e. The van der Waals surface area contributed by atoms with Crippen LogP contribution in [0.15, 0.2) is 40.8 Å². The molecule has 0 radical (unpaired) electrons. The number of carboxylic acids is 1. The average molecular weight is 231 g/mol. The summed E-state index contributed by atoms with van der Waals surface area (Å²) in [5.41, 5.74) is 2.12. The van der Waals surface area contributed by atoms with Gasteiger partial charge in [0.15, 0.2) is 5.88 Å². The minimum absolute atomic E-state index is 0.0716. The van der Waals surface area contributed by atoms with E-state index in [4.69, 9.17) is 9.52 Å². The molecule has 0 bridgehead atoms. The Morgan fingerprint density at radius 3 is 2.47 bits per heavy atom. The first-order valence-electron chi connectivity index (χ1n) is 5.38. The Bertz CT molecular complexity index is 514. The van der Waals surface area contributed by atoms with Crippen LogP contribution >= 0.6 is 0 Å². The van der Waals surface area contributed by atoms with E-state index in [1.165, 1.54) is 11.6 Å². The Labute approximate surface area is 98.9 Å². The first-order chi connectivity index (χ1) is 8.19. The van der Waals surface area contributed by atoms with Gasteiger partial charge in [-0.3, -0.25) is 0 Å². The fourth-order valence-electron chi connectivity index (χ4n) is 1.49. The van der Waals surface area contributed by atoms with Gasteiger partial charge in [-0.25, -0.2) is 4.79 Å². The van der Waals surface area contributed by atoms with E-state index in [9.17, 15) is 4.79 Å². The minimum Gasteiger partial charge on any atom is -0.475 e. The minimum atomic E-state index is -1.07. The molecule has 1 heterocycles. The third-order valence-corrected chi connectivity index (χ3v) is 2.45. The molecule has 2 aromatic rings. The van der Waals surface area contributed by atoms with E-state index in [-0.39, 0.29) is 5.76 Å². The zero-order valence-corrected chi connectivity index (χ0v) is 9.43. The number of nitrogens with one attached hydrogen (secondary N) is 1. The molecule has 0 saturated heterocycles. The zero-order chi connectivity index (χ0) is 12.3. The summed E-state index contributed by atoms with van der Waals surface area (Å²) in [4.78, 5) is 10.6. The summed E-state index contributed by atoms with van der Waals surface area (Å²) >= 11 is 0. The Kier molecular flexibility index (Phi) is 3.14. The lowest BCUT2D eigenvalue weighted by molar-refractivity contribution is 0.0663. The molecule has 0 unspecified atom stereocenters. The lowest BCUT2D eigenvalue weighted by atomic mass is 10.1. The third-order valence-electron chi connectivity index (χ3n) is 2.45. The molecule has 0 aliphatic carbocycles. The average Bonchev–Trinajstić information content (AvgIpc) is 2.79. The summed E-state index contributed by atoms with van der Waals surface area (Å²) in [6.07, 6.45) is 0.990. The topological polar surface area (TPSA) is 62.5 Å². The van der Waals surface area contributed by atoms with Crippen molar-refractivity contribution < 1.29 is 14.3 Å². The Morgan fingerprint density at radius 1 is 1.24 bits per heavy atom. The molecule has 2 N–H and O–H groups in total. The van der Waals surface area contributed by atoms with Crippen LogP contribution in [0.25, 0.3) is 0 Å². The van der Waals surface area contributed by atoms with Crippen LogP contribution in [0.1, 0.15) is 23.0 Å². The van der Waals surface area contributed by atoms with E-state index in [1.807, 2.05) is 24.3 Å². The van der Waals surface area contributed by atoms with Crippen molar-refractivity contribution in [3.8, 4) is 0 Å². The molecule has 0 aliphatic rings. The van der Waals surface area contributed by atoms with Crippen molar-refractivity contribution in [3.05, 3.63) is 47.7 Å². The summed E-state index contributed by atoms with van der Waals surface area (Å²) in [7, 11) is 0. The van der Waals surface area contributed by atoms with Crippen molar-refractivity contribution >= 4 is 17.5 Å². The molecular weight excluding hydrogens is 218 g/mol. The van der Waals surface area contributed by atoms with Crippen molar-refractivity contribution in [2.24, 2.45) is 0 Å². The molecule has 88 valence electrons. The fourth-order valence-corrected chi connectivity index (χ4v) is 1.49. The molecule has 17 heavy (non-hydrogen) atoms. The van der Waals surface area contributed by atoms with Crippen LogP contribution < -0.4 is 5.32 Å². The van der Waals surface area contributed by atoms with Crippen molar-refractivity contribution in [2.45, 2.75) is 13.3 Å². The molecule has 0 saturated carbocycles. The summed E-state index contributed by atoms with van der Waals surface area (Å²) in [6.45, 7) is 2.09. The number of carbonyl (C=O) groups is 1. The molecule has 1 aromatic heterocycles. The molecule has 0 aliphatic heterocycles. The highest BCUT2D eigenvalue weighted by molar-refractivity contribution is 5.85. The van der Waals surface area contributed by atoms with Gasteiger partial charge in [0.25, 0.3) is 0 Å². The predicted octanol–water partition coefficient (Wildman–Crippen LogP) is 3.28. The van der Waals surface area contributed by atoms with Crippen LogP contribution in [0.2, 0.25) is 0 Å². The number of hydrogen-bond acceptors (Lipinski definition) is 3. The lowest BCUT2D eigenvalue weighted by Gasteiger charge is -2.03. The van der Waals surface area contributed by atoms with Crippen LogP contribution in [-0.4, -0.2) is 11.1 Å². The molecule has 0 fully saturated rings. The Balaban J connectivity index is 2.11. The highest BCUT2D eigenvalue weighted by atomic mass is 16.4. The van der Waals surface area contributed by atoms with Gasteiger partial charge in [-0.1, -0.05) is 19.1 Å². The number of carboxylic acid groups (broad SMARTS) is 1. The number of furan rings is 1. The predicted molar refractivity (Wildman–Crippen MR) is 64.8 cm³/mol. The molecule has 1 aromatic carbocycles. The molecule has 0 atom stereocenters. The van der Waals surface area contributed by atoms with E-state index in [0.717, 1.165) is 12.1 Å². The maximum absolute atomic E-state index is 10.6. The highest BCUT2D eigenvalue weighted by Gasteiger charge is 2.08. The zero-order valence-electron chi connectivity index (χ0n) is 9.43. The molecule has 0 spiro atoms. The van der Waals surface area contributed by atoms with Gasteiger partial charge in [-0.2, -0.15) is 0 Å². The monoisotopic (exact) mass is 231 g/mol. The molecule has 0 amide bonds. The van der Waals surface area contributed by atoms with Crippen LogP contribution in [0, 0.1) is 0 Å². The van der Waals surface area contributed by atoms with E-state index in [0.29, 0.717) is 5.88 Å². The number of aromatic carboxylic acids is 1. The van der Waals surface area contributed by atoms with Crippen LogP contribution in [0.4, 0.5) is 11.6 Å². The highest BCUT2D eigenvalue weighted by Crippen LogP contribution is 2.19. The summed E-state index contributed by atoms with van der Waals surface area (Å²) in [5, 5.41) is 11.7. The van der Waals surface area contributed by atoms with Crippen LogP contribution in [-0.2, 0) is 6.42 Å². The second-order valence-corrected chi connectivity index (χ2v) is 3.64. The third kappa shape index (κ3) is 2.66. The van der Waals surface area contributed by atoms with E-state index < -0.39 is 5.97 Å². The number of hydrogen-bond donors (Lipinski definition) is 2. The summed E-state index contributed by atoms with van der Waals surface area (Å²) < 4.78 is 5.09. The standard InChI is InChI=1S/C13H13NO3/c1-2-9-3-5-10(6-4-9)14-12-8-7-11(17-12)13(15)16/h3-8,14H,2H2,1H3,(H,15,16). The second-order valence-electron chi connectivity index (χ2n) is 3.64. The number of anilines is 2. The molecular formula is C13H13NO3. The molecule has 2 rings (SSSR count). The van der Waals surface area contributed by atoms with Gasteiger partial charge in [0.2, 0.25) is 5.76 Å². The SMILES string of the molecule is CCc1ccc(Nc2ccc(C(=O)O)o2)cc1. The summed E-state index contributed by atoms with van der Waals surface area (Å²) in [6, 6.07) is 10.9. The van der Waals surface area contributed by atoms with Gasteiger partial charge in [0.1, 0.15) is 0 Å². The van der Waals surface area contributed by atoms with Gasteiger partial charge in [-0.05, 0) is 30.2 Å². The molecule has 4 heteroatoms. The number of rotatable bonds is 4. The first kappa shape index (κ1) is 11.3. The van der Waals surface area contributed by atoms with Crippen molar-refractivity contribution in [3.63, 3.8) is 0 Å². The molecule has 4 nitrogen and oxygen atoms in total. The van der Waals surface area contributed by atoms with Gasteiger partial charge in [0.05, 0.1) is 0 Å². The number of aryl methyl sites for hydroxylation is 1.